The van der Waals surface area contributed by atoms with Crippen LogP contribution in [-0.2, 0) is 19.9 Å². The van der Waals surface area contributed by atoms with E-state index < -0.39 is 23.3 Å². The third-order valence-corrected chi connectivity index (χ3v) is 10.1. The van der Waals surface area contributed by atoms with E-state index in [4.69, 9.17) is 19.2 Å². The largest absolute Gasteiger partial charge is 0.490 e. The summed E-state index contributed by atoms with van der Waals surface area (Å²) >= 11 is 0. The van der Waals surface area contributed by atoms with Crippen LogP contribution in [0.4, 0.5) is 10.2 Å². The van der Waals surface area contributed by atoms with E-state index in [2.05, 4.69) is 11.8 Å². The molecule has 2 N–H and O–H groups in total. The van der Waals surface area contributed by atoms with E-state index in [-0.39, 0.29) is 17.5 Å². The first kappa shape index (κ1) is 36.8. The molecule has 0 saturated carbocycles. The lowest BCUT2D eigenvalue weighted by Crippen LogP contribution is -2.46. The Bertz CT molecular complexity index is 1920. The first-order valence-corrected chi connectivity index (χ1v) is 18.1. The first-order chi connectivity index (χ1) is 23.9. The number of carboxylic acid groups (broad SMARTS) is 1. The molecule has 3 aliphatic heterocycles. The summed E-state index contributed by atoms with van der Waals surface area (Å²) in [5.41, 5.74) is 2.48. The summed E-state index contributed by atoms with van der Waals surface area (Å²) in [6.07, 6.45) is 4.65. The van der Waals surface area contributed by atoms with Gasteiger partial charge in [0, 0.05) is 48.1 Å². The van der Waals surface area contributed by atoms with Gasteiger partial charge in [0.05, 0.1) is 28.6 Å². The Labute approximate surface area is 300 Å². The molecule has 4 aromatic rings. The van der Waals surface area contributed by atoms with Gasteiger partial charge in [0.15, 0.2) is 6.10 Å². The van der Waals surface area contributed by atoms with Crippen LogP contribution in [-0.4, -0.2) is 62.6 Å². The summed E-state index contributed by atoms with van der Waals surface area (Å²) in [5, 5.41) is 22.4. The second-order valence-electron chi connectivity index (χ2n) is 16.0. The van der Waals surface area contributed by atoms with Crippen molar-refractivity contribution in [2.75, 3.05) is 24.6 Å². The number of piperidine rings is 1. The minimum atomic E-state index is -1.38. The second kappa shape index (κ2) is 13.9. The van der Waals surface area contributed by atoms with Gasteiger partial charge in [0.25, 0.3) is 0 Å². The van der Waals surface area contributed by atoms with Crippen molar-refractivity contribution in [3.8, 4) is 28.1 Å². The monoisotopic (exact) mass is 701 g/mol. The van der Waals surface area contributed by atoms with Crippen molar-refractivity contribution in [2.45, 2.75) is 117 Å². The van der Waals surface area contributed by atoms with Crippen LogP contribution in [0.1, 0.15) is 103 Å². The number of hydrogen-bond acceptors (Lipinski definition) is 7. The fourth-order valence-corrected chi connectivity index (χ4v) is 7.55. The number of aromatic nitrogens is 2. The summed E-state index contributed by atoms with van der Waals surface area (Å²) in [6, 6.07) is 12.4. The van der Waals surface area contributed by atoms with Crippen LogP contribution in [0.3, 0.4) is 0 Å². The minimum absolute atomic E-state index is 0.0757. The van der Waals surface area contributed by atoms with Gasteiger partial charge in [-0.3, -0.25) is 4.40 Å². The summed E-state index contributed by atoms with van der Waals surface area (Å²) in [4.78, 5) is 20.5. The zero-order chi connectivity index (χ0) is 36.9. The molecule has 1 fully saturated rings. The molecule has 51 heavy (non-hydrogen) atoms. The van der Waals surface area contributed by atoms with E-state index in [1.54, 1.807) is 19.9 Å². The van der Waals surface area contributed by atoms with Crippen LogP contribution in [0.25, 0.3) is 28.0 Å². The number of carboxylic acids is 1. The molecule has 2 aromatic carbocycles. The van der Waals surface area contributed by atoms with Crippen molar-refractivity contribution in [1.29, 1.82) is 0 Å². The lowest BCUT2D eigenvalue weighted by Gasteiger charge is -2.42. The molecule has 10 heteroatoms. The molecule has 274 valence electrons. The molecule has 0 spiro atoms. The number of pyridine rings is 1. The molecule has 2 aromatic heterocycles. The van der Waals surface area contributed by atoms with Crippen molar-refractivity contribution >= 4 is 17.4 Å². The number of hydrogen-bond donors (Lipinski definition) is 2. The number of carbonyl (C=O) groups is 1. The molecule has 7 rings (SSSR count). The predicted molar refractivity (Wildman–Crippen MR) is 197 cm³/mol. The van der Waals surface area contributed by atoms with Gasteiger partial charge >= 0.3 is 5.97 Å². The van der Waals surface area contributed by atoms with Crippen molar-refractivity contribution in [2.24, 2.45) is 0 Å². The van der Waals surface area contributed by atoms with E-state index in [0.717, 1.165) is 43.2 Å². The Balaban J connectivity index is 1.63. The zero-order valence-corrected chi connectivity index (χ0v) is 31.2. The normalized spacial score (nSPS) is 21.0. The van der Waals surface area contributed by atoms with E-state index in [9.17, 15) is 19.4 Å². The standard InChI is InChI=1S/C41H52FN3O6/c1-25-12-9-10-21-49-41(8)17-19-44(20-18-41)37-33(35(38(46)47)51-39(3,4)5)26(2)34(40(6,7)48)36-43-31(24-45(36)37)28-14-11-13-27(22-28)30-23-29(42)15-16-32(30)50-25/h11,13-16,22-25,35,48H,9-10,12,17-21H2,1-8H3,(H,46,47)/t25-,35-/m0/s1. The van der Waals surface area contributed by atoms with Crippen LogP contribution >= 0.6 is 0 Å². The van der Waals surface area contributed by atoms with Crippen molar-refractivity contribution in [1.82, 2.24) is 9.38 Å². The predicted octanol–water partition coefficient (Wildman–Crippen LogP) is 8.61. The molecule has 0 unspecified atom stereocenters. The Morgan fingerprint density at radius 1 is 1.08 bits per heavy atom. The van der Waals surface area contributed by atoms with Gasteiger partial charge < -0.3 is 29.3 Å². The van der Waals surface area contributed by atoms with Crippen LogP contribution in [0, 0.1) is 12.7 Å². The molecule has 6 bridgehead atoms. The van der Waals surface area contributed by atoms with Gasteiger partial charge in [-0.25, -0.2) is 14.2 Å². The van der Waals surface area contributed by atoms with Crippen molar-refractivity contribution < 1.29 is 33.6 Å². The summed E-state index contributed by atoms with van der Waals surface area (Å²) < 4.78 is 35.9. The Morgan fingerprint density at radius 3 is 2.45 bits per heavy atom. The highest BCUT2D eigenvalue weighted by atomic mass is 19.1. The fourth-order valence-electron chi connectivity index (χ4n) is 7.55. The molecule has 3 aliphatic rings. The lowest BCUT2D eigenvalue weighted by molar-refractivity contribution is -0.160. The van der Waals surface area contributed by atoms with Crippen LogP contribution in [0.2, 0.25) is 0 Å². The maximum absolute atomic E-state index is 14.7. The van der Waals surface area contributed by atoms with Gasteiger partial charge in [0.1, 0.15) is 23.0 Å². The second-order valence-corrected chi connectivity index (χ2v) is 16.0. The number of anilines is 1. The number of halogens is 1. The Kier molecular flexibility index (Phi) is 10.00. The molecule has 0 aliphatic carbocycles. The van der Waals surface area contributed by atoms with Crippen LogP contribution in [0.5, 0.6) is 5.75 Å². The number of imidazole rings is 1. The molecular formula is C41H52FN3O6. The minimum Gasteiger partial charge on any atom is -0.490 e. The number of ether oxygens (including phenoxy) is 3. The molecule has 5 heterocycles. The average molecular weight is 702 g/mol. The Hall–Kier alpha value is -3.99. The molecule has 2 atom stereocenters. The van der Waals surface area contributed by atoms with E-state index in [0.29, 0.717) is 64.9 Å². The topological polar surface area (TPSA) is 106 Å². The summed E-state index contributed by atoms with van der Waals surface area (Å²) in [6.45, 7) is 16.8. The summed E-state index contributed by atoms with van der Waals surface area (Å²) in [7, 11) is 0. The summed E-state index contributed by atoms with van der Waals surface area (Å²) in [5.74, 6) is -0.198. The highest BCUT2D eigenvalue weighted by Gasteiger charge is 2.40. The maximum Gasteiger partial charge on any atom is 0.337 e. The number of fused-ring (bicyclic) bond motifs is 8. The zero-order valence-electron chi connectivity index (χ0n) is 31.2. The highest BCUT2D eigenvalue weighted by molar-refractivity contribution is 5.82. The van der Waals surface area contributed by atoms with E-state index in [1.807, 2.05) is 69.5 Å². The number of nitrogens with zero attached hydrogens (tertiary/aromatic N) is 3. The molecular weight excluding hydrogens is 649 g/mol. The van der Waals surface area contributed by atoms with Crippen molar-refractivity contribution in [3.05, 3.63) is 71.2 Å². The Morgan fingerprint density at radius 2 is 1.78 bits per heavy atom. The van der Waals surface area contributed by atoms with Gasteiger partial charge in [-0.2, -0.15) is 0 Å². The average Bonchev–Trinajstić information content (AvgIpc) is 3.47. The lowest BCUT2D eigenvalue weighted by atomic mass is 9.88. The van der Waals surface area contributed by atoms with E-state index >= 15 is 0 Å². The van der Waals surface area contributed by atoms with Crippen LogP contribution in [0.15, 0.2) is 48.7 Å². The number of rotatable bonds is 4. The quantitative estimate of drug-likeness (QED) is 0.218. The van der Waals surface area contributed by atoms with Gasteiger partial charge in [-0.15, -0.1) is 0 Å². The number of aliphatic carboxylic acids is 1. The van der Waals surface area contributed by atoms with E-state index in [1.165, 1.54) is 12.1 Å². The molecule has 1 saturated heterocycles. The third-order valence-electron chi connectivity index (χ3n) is 10.1. The first-order valence-electron chi connectivity index (χ1n) is 18.1. The number of benzene rings is 2. The number of aliphatic hydroxyl groups is 1. The van der Waals surface area contributed by atoms with Crippen molar-refractivity contribution in [3.63, 3.8) is 0 Å². The fraction of sp³-hybridized carbons (Fsp3) is 0.512. The van der Waals surface area contributed by atoms with Gasteiger partial charge in [0.2, 0.25) is 0 Å². The molecule has 9 nitrogen and oxygen atoms in total. The van der Waals surface area contributed by atoms with Crippen LogP contribution < -0.4 is 9.64 Å². The third kappa shape index (κ3) is 7.78. The molecule has 0 radical (unpaired) electrons. The van der Waals surface area contributed by atoms with Gasteiger partial charge in [-0.1, -0.05) is 18.2 Å². The van der Waals surface area contributed by atoms with Gasteiger partial charge in [-0.05, 0) is 123 Å². The smallest absolute Gasteiger partial charge is 0.337 e. The maximum atomic E-state index is 14.7. The highest BCUT2D eigenvalue weighted by Crippen LogP contribution is 2.44. The SMILES string of the molecule is Cc1c([C@H](OC(C)(C)C)C(=O)O)c2n3cc(nc3c1C(C)(C)O)-c1cccc(c1)-c1cc(F)ccc1O[C@@H](C)CCCCOC1(C)CCN2CC1. The molecule has 0 amide bonds.